The second kappa shape index (κ2) is 5.94. The molecule has 1 aromatic heterocycles. The van der Waals surface area contributed by atoms with Crippen LogP contribution in [0.5, 0.6) is 0 Å². The molecule has 0 spiro atoms. The van der Waals surface area contributed by atoms with Crippen molar-refractivity contribution in [2.24, 2.45) is 13.0 Å². The van der Waals surface area contributed by atoms with E-state index >= 15 is 0 Å². The number of nitrogens with zero attached hydrogens (tertiary/aromatic N) is 3. The van der Waals surface area contributed by atoms with Crippen LogP contribution in [0.1, 0.15) is 33.1 Å². The van der Waals surface area contributed by atoms with Crippen LogP contribution >= 0.6 is 0 Å². The molecule has 0 aliphatic rings. The molecule has 0 bridgehead atoms. The highest BCUT2D eigenvalue weighted by Crippen LogP contribution is 2.10. The molecule has 0 unspecified atom stereocenters. The maximum atomic E-state index is 11.9. The van der Waals surface area contributed by atoms with Gasteiger partial charge in [-0.05, 0) is 6.42 Å². The fraction of sp³-hybridized carbons (Fsp3) is 0.700. The van der Waals surface area contributed by atoms with Gasteiger partial charge >= 0.3 is 0 Å². The van der Waals surface area contributed by atoms with Crippen molar-refractivity contribution in [2.45, 2.75) is 38.1 Å². The van der Waals surface area contributed by atoms with Crippen molar-refractivity contribution >= 4 is 15.9 Å². The van der Waals surface area contributed by atoms with Crippen molar-refractivity contribution in [2.75, 3.05) is 0 Å². The third-order valence-corrected chi connectivity index (χ3v) is 4.01. The summed E-state index contributed by atoms with van der Waals surface area (Å²) in [6.45, 7) is 3.73. The van der Waals surface area contributed by atoms with Crippen molar-refractivity contribution in [3.8, 4) is 0 Å². The SMILES string of the molecule is CCCC[C@@H](C)C(=O)NS(=O)(=O)c1cnnn1C. The van der Waals surface area contributed by atoms with Gasteiger partial charge in [-0.15, -0.1) is 5.10 Å². The highest BCUT2D eigenvalue weighted by molar-refractivity contribution is 7.90. The predicted octanol–water partition coefficient (Wildman–Crippen LogP) is 0.446. The second-order valence-electron chi connectivity index (χ2n) is 4.21. The van der Waals surface area contributed by atoms with E-state index in [1.165, 1.54) is 7.05 Å². The smallest absolute Gasteiger partial charge is 0.274 e. The summed E-state index contributed by atoms with van der Waals surface area (Å²) < 4.78 is 26.9. The summed E-state index contributed by atoms with van der Waals surface area (Å²) in [4.78, 5) is 11.7. The lowest BCUT2D eigenvalue weighted by Gasteiger charge is -2.11. The number of hydrogen-bond acceptors (Lipinski definition) is 5. The first-order valence-corrected chi connectivity index (χ1v) is 7.28. The van der Waals surface area contributed by atoms with E-state index in [1.54, 1.807) is 6.92 Å². The van der Waals surface area contributed by atoms with Crippen molar-refractivity contribution in [3.63, 3.8) is 0 Å². The van der Waals surface area contributed by atoms with Crippen LogP contribution in [0.3, 0.4) is 0 Å². The lowest BCUT2D eigenvalue weighted by atomic mass is 10.0. The van der Waals surface area contributed by atoms with E-state index in [4.69, 9.17) is 0 Å². The molecule has 0 aliphatic carbocycles. The van der Waals surface area contributed by atoms with Crippen LogP contribution in [0.25, 0.3) is 0 Å². The predicted molar refractivity (Wildman–Crippen MR) is 65.0 cm³/mol. The minimum absolute atomic E-state index is 0.126. The van der Waals surface area contributed by atoms with E-state index in [0.717, 1.165) is 23.7 Å². The Morgan fingerprint density at radius 3 is 2.72 bits per heavy atom. The molecule has 1 rings (SSSR count). The molecule has 0 fully saturated rings. The molecule has 0 aliphatic heterocycles. The minimum atomic E-state index is -3.88. The Balaban J connectivity index is 2.73. The molecule has 1 heterocycles. The maximum Gasteiger partial charge on any atom is 0.282 e. The van der Waals surface area contributed by atoms with Gasteiger partial charge in [-0.3, -0.25) is 4.79 Å². The molecule has 1 aromatic rings. The van der Waals surface area contributed by atoms with E-state index in [1.807, 2.05) is 11.6 Å². The topological polar surface area (TPSA) is 93.9 Å². The Bertz CT molecular complexity index is 509. The van der Waals surface area contributed by atoms with Gasteiger partial charge in [0.15, 0.2) is 5.03 Å². The Hall–Kier alpha value is -1.44. The molecule has 0 saturated carbocycles. The van der Waals surface area contributed by atoms with Gasteiger partial charge in [0.1, 0.15) is 0 Å². The fourth-order valence-corrected chi connectivity index (χ4v) is 2.59. The molecule has 8 heteroatoms. The van der Waals surface area contributed by atoms with Gasteiger partial charge in [-0.1, -0.05) is 31.9 Å². The Kier molecular flexibility index (Phi) is 4.83. The van der Waals surface area contributed by atoms with Crippen LogP contribution in [-0.2, 0) is 21.9 Å². The van der Waals surface area contributed by atoms with Gasteiger partial charge in [0.2, 0.25) is 5.91 Å². The summed E-state index contributed by atoms with van der Waals surface area (Å²) in [5.41, 5.74) is 0. The van der Waals surface area contributed by atoms with Crippen molar-refractivity contribution < 1.29 is 13.2 Å². The van der Waals surface area contributed by atoms with Gasteiger partial charge in [0, 0.05) is 13.0 Å². The molecule has 0 aromatic carbocycles. The molecule has 0 radical (unpaired) electrons. The van der Waals surface area contributed by atoms with E-state index in [2.05, 4.69) is 10.3 Å². The summed E-state index contributed by atoms with van der Waals surface area (Å²) in [5, 5.41) is 6.87. The van der Waals surface area contributed by atoms with Crippen LogP contribution in [0.2, 0.25) is 0 Å². The number of amides is 1. The van der Waals surface area contributed by atoms with E-state index in [9.17, 15) is 13.2 Å². The standard InChI is InChI=1S/C10H18N4O3S/c1-4-5-6-8(2)10(15)12-18(16,17)9-7-11-13-14(9)3/h7-8H,4-6H2,1-3H3,(H,12,15)/t8-/m1/s1. The summed E-state index contributed by atoms with van der Waals surface area (Å²) in [6.07, 6.45) is 3.63. The Morgan fingerprint density at radius 2 is 2.22 bits per heavy atom. The van der Waals surface area contributed by atoms with Gasteiger partial charge in [-0.2, -0.15) is 8.42 Å². The molecule has 1 amide bonds. The number of sulfonamides is 1. The molecule has 1 atom stereocenters. The van der Waals surface area contributed by atoms with Crippen LogP contribution < -0.4 is 4.72 Å². The molecule has 102 valence electrons. The summed E-state index contributed by atoms with van der Waals surface area (Å²) in [5.74, 6) is -0.828. The van der Waals surface area contributed by atoms with E-state index < -0.39 is 15.9 Å². The van der Waals surface area contributed by atoms with Crippen molar-refractivity contribution in [3.05, 3.63) is 6.20 Å². The molecular formula is C10H18N4O3S. The van der Waals surface area contributed by atoms with Crippen molar-refractivity contribution in [1.29, 1.82) is 0 Å². The first-order chi connectivity index (χ1) is 8.38. The highest BCUT2D eigenvalue weighted by Gasteiger charge is 2.24. The second-order valence-corrected chi connectivity index (χ2v) is 5.84. The monoisotopic (exact) mass is 274 g/mol. The van der Waals surface area contributed by atoms with E-state index in [-0.39, 0.29) is 10.9 Å². The summed E-state index contributed by atoms with van der Waals surface area (Å²) in [6, 6.07) is 0. The normalized spacial score (nSPS) is 13.3. The number of carbonyl (C=O) groups is 1. The third-order valence-electron chi connectivity index (χ3n) is 2.62. The Labute approximate surface area is 107 Å². The molecule has 0 saturated heterocycles. The third kappa shape index (κ3) is 3.52. The summed E-state index contributed by atoms with van der Waals surface area (Å²) in [7, 11) is -2.43. The number of hydrogen-bond donors (Lipinski definition) is 1. The number of aromatic nitrogens is 3. The quantitative estimate of drug-likeness (QED) is 0.812. The average Bonchev–Trinajstić information content (AvgIpc) is 2.72. The zero-order valence-electron chi connectivity index (χ0n) is 10.8. The fourth-order valence-electron chi connectivity index (χ4n) is 1.45. The molecular weight excluding hydrogens is 256 g/mol. The van der Waals surface area contributed by atoms with Gasteiger partial charge in [-0.25, -0.2) is 9.40 Å². The number of aryl methyl sites for hydroxylation is 1. The molecule has 7 nitrogen and oxygen atoms in total. The number of nitrogens with one attached hydrogen (secondary N) is 1. The maximum absolute atomic E-state index is 11.9. The van der Waals surface area contributed by atoms with Crippen LogP contribution in [0.4, 0.5) is 0 Å². The minimum Gasteiger partial charge on any atom is -0.274 e. The highest BCUT2D eigenvalue weighted by atomic mass is 32.2. The summed E-state index contributed by atoms with van der Waals surface area (Å²) >= 11 is 0. The first-order valence-electron chi connectivity index (χ1n) is 5.79. The van der Waals surface area contributed by atoms with Gasteiger partial charge in [0.05, 0.1) is 6.20 Å². The van der Waals surface area contributed by atoms with Crippen LogP contribution in [0, 0.1) is 5.92 Å². The zero-order valence-corrected chi connectivity index (χ0v) is 11.6. The molecule has 1 N–H and O–H groups in total. The zero-order chi connectivity index (χ0) is 13.8. The van der Waals surface area contributed by atoms with Crippen molar-refractivity contribution in [1.82, 2.24) is 19.7 Å². The van der Waals surface area contributed by atoms with Crippen LogP contribution in [-0.4, -0.2) is 29.3 Å². The van der Waals surface area contributed by atoms with Gasteiger partial charge < -0.3 is 0 Å². The lowest BCUT2D eigenvalue weighted by Crippen LogP contribution is -2.35. The van der Waals surface area contributed by atoms with Crippen LogP contribution in [0.15, 0.2) is 11.2 Å². The molecule has 18 heavy (non-hydrogen) atoms. The number of carbonyl (C=O) groups excluding carboxylic acids is 1. The number of rotatable bonds is 6. The largest absolute Gasteiger partial charge is 0.282 e. The number of unbranched alkanes of at least 4 members (excludes halogenated alkanes) is 1. The average molecular weight is 274 g/mol. The lowest BCUT2D eigenvalue weighted by molar-refractivity contribution is -0.122. The first kappa shape index (κ1) is 14.6. The Morgan fingerprint density at radius 1 is 1.56 bits per heavy atom. The van der Waals surface area contributed by atoms with Gasteiger partial charge in [0.25, 0.3) is 10.0 Å². The van der Waals surface area contributed by atoms with E-state index in [0.29, 0.717) is 6.42 Å².